The van der Waals surface area contributed by atoms with Gasteiger partial charge in [-0.15, -0.1) is 12.6 Å². The molecule has 1 fully saturated rings. The molecule has 2 aliphatic rings. The van der Waals surface area contributed by atoms with Gasteiger partial charge in [0, 0.05) is 36.1 Å². The molecule has 218 valence electrons. The summed E-state index contributed by atoms with van der Waals surface area (Å²) in [5.74, 6) is 0.455. The standard InChI is InChI=1S/C31H37FN4O3S2/c32-22-11-13-23(14-12-22)39-20-5-1-4-17-33-18-15-29(37)35-19-16-26-25(21-35)30(38)36(27-9-2-3-10-28(27)40)31(34-26)41-24-7-6-8-24/h2-3,9-14,24,33,40H,1,4-8,15-21H2. The Morgan fingerprint density at radius 3 is 2.66 bits per heavy atom. The van der Waals surface area contributed by atoms with Gasteiger partial charge in [-0.3, -0.25) is 14.2 Å². The number of rotatable bonds is 13. The van der Waals surface area contributed by atoms with E-state index in [1.807, 2.05) is 24.3 Å². The SMILES string of the molecule is O=C(CCNCCCCCOc1ccc(F)cc1)N1CCc2nc(SC3CCC3)n(-c3ccccc3S)c(=O)c2C1. The number of hydrogen-bond donors (Lipinski definition) is 2. The quantitative estimate of drug-likeness (QED) is 0.156. The van der Waals surface area contributed by atoms with Crippen LogP contribution in [0, 0.1) is 5.82 Å². The summed E-state index contributed by atoms with van der Waals surface area (Å²) in [6.45, 7) is 2.88. The van der Waals surface area contributed by atoms with Crippen molar-refractivity contribution in [3.05, 3.63) is 76.0 Å². The van der Waals surface area contributed by atoms with Gasteiger partial charge in [0.2, 0.25) is 5.91 Å². The molecule has 1 aromatic heterocycles. The molecule has 0 spiro atoms. The highest BCUT2D eigenvalue weighted by Gasteiger charge is 2.29. The van der Waals surface area contributed by atoms with Crippen molar-refractivity contribution < 1.29 is 13.9 Å². The zero-order valence-corrected chi connectivity index (χ0v) is 24.9. The van der Waals surface area contributed by atoms with Crippen molar-refractivity contribution in [3.8, 4) is 11.4 Å². The van der Waals surface area contributed by atoms with Crippen LogP contribution in [0.15, 0.2) is 63.4 Å². The van der Waals surface area contributed by atoms with Crippen LogP contribution in [0.1, 0.15) is 56.2 Å². The van der Waals surface area contributed by atoms with Gasteiger partial charge in [0.15, 0.2) is 5.16 Å². The molecule has 0 atom stereocenters. The number of ether oxygens (including phenoxy) is 1. The lowest BCUT2D eigenvalue weighted by Crippen LogP contribution is -2.42. The zero-order chi connectivity index (χ0) is 28.6. The van der Waals surface area contributed by atoms with E-state index in [-0.39, 0.29) is 23.8 Å². The average Bonchev–Trinajstić information content (AvgIpc) is 2.95. The second-order valence-electron chi connectivity index (χ2n) is 10.5. The highest BCUT2D eigenvalue weighted by Crippen LogP contribution is 2.37. The molecule has 7 nitrogen and oxygen atoms in total. The van der Waals surface area contributed by atoms with E-state index in [9.17, 15) is 14.0 Å². The molecule has 3 aromatic rings. The number of benzene rings is 2. The van der Waals surface area contributed by atoms with Gasteiger partial charge in [-0.1, -0.05) is 30.3 Å². The minimum Gasteiger partial charge on any atom is -0.494 e. The van der Waals surface area contributed by atoms with E-state index in [0.717, 1.165) is 60.1 Å². The normalized spacial score (nSPS) is 14.9. The minimum absolute atomic E-state index is 0.0457. The number of hydrogen-bond acceptors (Lipinski definition) is 7. The van der Waals surface area contributed by atoms with Gasteiger partial charge in [0.25, 0.3) is 5.56 Å². The summed E-state index contributed by atoms with van der Waals surface area (Å²) in [4.78, 5) is 34.3. The number of fused-ring (bicyclic) bond motifs is 1. The van der Waals surface area contributed by atoms with E-state index in [1.54, 1.807) is 33.4 Å². The molecule has 1 amide bonds. The molecule has 1 aliphatic heterocycles. The molecule has 0 unspecified atom stereocenters. The van der Waals surface area contributed by atoms with Gasteiger partial charge >= 0.3 is 0 Å². The monoisotopic (exact) mass is 596 g/mol. The summed E-state index contributed by atoms with van der Waals surface area (Å²) in [6, 6.07) is 13.6. The molecule has 41 heavy (non-hydrogen) atoms. The molecule has 0 bridgehead atoms. The fraction of sp³-hybridized carbons (Fsp3) is 0.452. The molecule has 1 N–H and O–H groups in total. The van der Waals surface area contributed by atoms with E-state index < -0.39 is 0 Å². The summed E-state index contributed by atoms with van der Waals surface area (Å²) in [6.07, 6.45) is 7.37. The van der Waals surface area contributed by atoms with Crippen LogP contribution in [0.4, 0.5) is 4.39 Å². The van der Waals surface area contributed by atoms with E-state index in [0.29, 0.717) is 49.1 Å². The Hall–Kier alpha value is -2.82. The van der Waals surface area contributed by atoms with Crippen molar-refractivity contribution in [3.63, 3.8) is 0 Å². The Balaban J connectivity index is 1.10. The van der Waals surface area contributed by atoms with Crippen LogP contribution >= 0.6 is 24.4 Å². The van der Waals surface area contributed by atoms with Crippen LogP contribution in [0.2, 0.25) is 0 Å². The first-order valence-electron chi connectivity index (χ1n) is 14.5. The molecule has 1 aliphatic carbocycles. The second kappa shape index (κ2) is 14.4. The summed E-state index contributed by atoms with van der Waals surface area (Å²) in [5, 5.41) is 4.57. The van der Waals surface area contributed by atoms with Gasteiger partial charge in [-0.05, 0) is 75.0 Å². The van der Waals surface area contributed by atoms with E-state index in [4.69, 9.17) is 9.72 Å². The molecule has 0 saturated heterocycles. The highest BCUT2D eigenvalue weighted by molar-refractivity contribution is 7.99. The minimum atomic E-state index is -0.269. The largest absolute Gasteiger partial charge is 0.494 e. The van der Waals surface area contributed by atoms with Crippen molar-refractivity contribution in [1.82, 2.24) is 19.8 Å². The smallest absolute Gasteiger partial charge is 0.264 e. The van der Waals surface area contributed by atoms with Crippen molar-refractivity contribution in [2.75, 3.05) is 26.2 Å². The van der Waals surface area contributed by atoms with Crippen molar-refractivity contribution in [1.29, 1.82) is 0 Å². The third-order valence-corrected chi connectivity index (χ3v) is 9.26. The first-order chi connectivity index (χ1) is 20.0. The maximum absolute atomic E-state index is 13.8. The summed E-state index contributed by atoms with van der Waals surface area (Å²) < 4.78 is 20.3. The number of unbranched alkanes of at least 4 members (excludes halogenated alkanes) is 2. The third kappa shape index (κ3) is 7.72. The Morgan fingerprint density at radius 1 is 1.10 bits per heavy atom. The Kier molecular flexibility index (Phi) is 10.4. The molecular formula is C31H37FN4O3S2. The fourth-order valence-electron chi connectivity index (χ4n) is 4.98. The number of para-hydroxylation sites is 1. The maximum Gasteiger partial charge on any atom is 0.264 e. The first-order valence-corrected chi connectivity index (χ1v) is 15.8. The van der Waals surface area contributed by atoms with Crippen LogP contribution in [-0.4, -0.2) is 51.8 Å². The number of carbonyl (C=O) groups is 1. The van der Waals surface area contributed by atoms with Crippen LogP contribution in [-0.2, 0) is 17.8 Å². The van der Waals surface area contributed by atoms with E-state index in [2.05, 4.69) is 17.9 Å². The van der Waals surface area contributed by atoms with E-state index >= 15 is 0 Å². The molecule has 1 saturated carbocycles. The molecule has 2 aromatic carbocycles. The topological polar surface area (TPSA) is 76.5 Å². The summed E-state index contributed by atoms with van der Waals surface area (Å²) in [5.41, 5.74) is 2.05. The molecule has 0 radical (unpaired) electrons. The Morgan fingerprint density at radius 2 is 1.90 bits per heavy atom. The molecule has 10 heteroatoms. The van der Waals surface area contributed by atoms with Crippen LogP contribution in [0.5, 0.6) is 5.75 Å². The lowest BCUT2D eigenvalue weighted by Gasteiger charge is -2.30. The van der Waals surface area contributed by atoms with Gasteiger partial charge < -0.3 is 15.0 Å². The number of nitrogens with one attached hydrogen (secondary N) is 1. The molecular weight excluding hydrogens is 559 g/mol. The zero-order valence-electron chi connectivity index (χ0n) is 23.2. The summed E-state index contributed by atoms with van der Waals surface area (Å²) in [7, 11) is 0. The number of nitrogens with zero attached hydrogens (tertiary/aromatic N) is 3. The number of carbonyl (C=O) groups excluding carboxylic acids is 1. The van der Waals surface area contributed by atoms with Crippen LogP contribution in [0.3, 0.4) is 0 Å². The molecule has 5 rings (SSSR count). The maximum atomic E-state index is 13.8. The Bertz CT molecular complexity index is 1400. The first kappa shape index (κ1) is 29.7. The number of thioether (sulfide) groups is 1. The Labute approximate surface area is 250 Å². The lowest BCUT2D eigenvalue weighted by atomic mass is 10.0. The van der Waals surface area contributed by atoms with E-state index in [1.165, 1.54) is 18.6 Å². The van der Waals surface area contributed by atoms with Gasteiger partial charge in [0.05, 0.1) is 30.1 Å². The van der Waals surface area contributed by atoms with Gasteiger partial charge in [0.1, 0.15) is 11.6 Å². The average molecular weight is 597 g/mol. The predicted molar refractivity (Wildman–Crippen MR) is 163 cm³/mol. The number of halogens is 1. The highest BCUT2D eigenvalue weighted by atomic mass is 32.2. The van der Waals surface area contributed by atoms with Crippen molar-refractivity contribution in [2.45, 2.75) is 73.2 Å². The fourth-order valence-corrected chi connectivity index (χ4v) is 6.56. The number of thiol groups is 1. The summed E-state index contributed by atoms with van der Waals surface area (Å²) >= 11 is 6.30. The lowest BCUT2D eigenvalue weighted by molar-refractivity contribution is -0.132. The second-order valence-corrected chi connectivity index (χ2v) is 12.3. The van der Waals surface area contributed by atoms with Gasteiger partial charge in [-0.25, -0.2) is 9.37 Å². The van der Waals surface area contributed by atoms with Gasteiger partial charge in [-0.2, -0.15) is 0 Å². The number of aromatic nitrogens is 2. The van der Waals surface area contributed by atoms with Crippen molar-refractivity contribution in [2.24, 2.45) is 0 Å². The van der Waals surface area contributed by atoms with Crippen LogP contribution < -0.4 is 15.6 Å². The number of amides is 1. The molecule has 2 heterocycles. The van der Waals surface area contributed by atoms with Crippen molar-refractivity contribution >= 4 is 30.3 Å². The predicted octanol–water partition coefficient (Wildman–Crippen LogP) is 5.42. The van der Waals surface area contributed by atoms with Crippen LogP contribution in [0.25, 0.3) is 5.69 Å². The third-order valence-electron chi connectivity index (χ3n) is 7.59.